The van der Waals surface area contributed by atoms with Crippen molar-refractivity contribution in [2.75, 3.05) is 25.4 Å². The first-order valence-corrected chi connectivity index (χ1v) is 11.9. The van der Waals surface area contributed by atoms with Crippen molar-refractivity contribution >= 4 is 17.5 Å². The fourth-order valence-corrected chi connectivity index (χ4v) is 4.51. The number of para-hydroxylation sites is 1. The van der Waals surface area contributed by atoms with Crippen molar-refractivity contribution in [1.29, 1.82) is 0 Å². The number of rotatable bonds is 7. The first-order valence-electron chi connectivity index (χ1n) is 11.9. The summed E-state index contributed by atoms with van der Waals surface area (Å²) in [5.41, 5.74) is 8.41. The van der Waals surface area contributed by atoms with Crippen LogP contribution in [-0.4, -0.2) is 52.2 Å². The van der Waals surface area contributed by atoms with E-state index >= 15 is 0 Å². The quantitative estimate of drug-likeness (QED) is 0.420. The SMILES string of the molecule is Cc1nn(-c2ccccc2)c(C)c1CN1CC[C@@H](NC(=O)CNC(=O)c2cc(C(F)(F)F)ccc2N)C1. The number of aromatic nitrogens is 2. The molecule has 0 bridgehead atoms. The molecule has 8 nitrogen and oxygen atoms in total. The molecule has 4 N–H and O–H groups in total. The van der Waals surface area contributed by atoms with Gasteiger partial charge in [0.15, 0.2) is 0 Å². The Morgan fingerprint density at radius 3 is 2.57 bits per heavy atom. The second kappa shape index (κ2) is 10.6. The van der Waals surface area contributed by atoms with Gasteiger partial charge in [-0.1, -0.05) is 18.2 Å². The summed E-state index contributed by atoms with van der Waals surface area (Å²) < 4.78 is 40.8. The molecule has 2 heterocycles. The largest absolute Gasteiger partial charge is 0.416 e. The van der Waals surface area contributed by atoms with E-state index in [1.807, 2.05) is 48.9 Å². The molecule has 4 rings (SSSR count). The zero-order valence-electron chi connectivity index (χ0n) is 20.6. The predicted octanol–water partition coefficient (Wildman–Crippen LogP) is 3.21. The molecule has 0 aliphatic carbocycles. The van der Waals surface area contributed by atoms with Gasteiger partial charge in [-0.2, -0.15) is 18.3 Å². The highest BCUT2D eigenvalue weighted by molar-refractivity contribution is 6.00. The molecule has 1 fully saturated rings. The number of nitrogens with zero attached hydrogens (tertiary/aromatic N) is 3. The number of alkyl halides is 3. The average molecular weight is 515 g/mol. The van der Waals surface area contributed by atoms with Crippen molar-refractivity contribution in [2.45, 2.75) is 39.0 Å². The lowest BCUT2D eigenvalue weighted by atomic mass is 10.1. The molecule has 0 saturated carbocycles. The molecule has 1 saturated heterocycles. The van der Waals surface area contributed by atoms with Gasteiger partial charge in [0.05, 0.1) is 29.1 Å². The van der Waals surface area contributed by atoms with E-state index in [-0.39, 0.29) is 23.8 Å². The molecule has 3 aromatic rings. The van der Waals surface area contributed by atoms with Gasteiger partial charge in [0.2, 0.25) is 5.91 Å². The lowest BCUT2D eigenvalue weighted by Gasteiger charge is -2.17. The molecular formula is C26H29F3N6O2. The van der Waals surface area contributed by atoms with Gasteiger partial charge in [0.1, 0.15) is 0 Å². The third-order valence-corrected chi connectivity index (χ3v) is 6.50. The normalized spacial score (nSPS) is 16.1. The molecule has 11 heteroatoms. The summed E-state index contributed by atoms with van der Waals surface area (Å²) >= 11 is 0. The summed E-state index contributed by atoms with van der Waals surface area (Å²) in [5.74, 6) is -1.26. The second-order valence-corrected chi connectivity index (χ2v) is 9.17. The van der Waals surface area contributed by atoms with Crippen LogP contribution < -0.4 is 16.4 Å². The number of amides is 2. The number of likely N-dealkylation sites (tertiary alicyclic amines) is 1. The Kier molecular flexibility index (Phi) is 7.53. The molecule has 2 amide bonds. The van der Waals surface area contributed by atoms with Crippen molar-refractivity contribution in [3.8, 4) is 5.69 Å². The molecule has 0 unspecified atom stereocenters. The Morgan fingerprint density at radius 1 is 1.14 bits per heavy atom. The summed E-state index contributed by atoms with van der Waals surface area (Å²) in [4.78, 5) is 27.0. The first-order chi connectivity index (χ1) is 17.5. The monoisotopic (exact) mass is 514 g/mol. The zero-order valence-corrected chi connectivity index (χ0v) is 20.6. The topological polar surface area (TPSA) is 105 Å². The molecule has 1 atom stereocenters. The van der Waals surface area contributed by atoms with Crippen molar-refractivity contribution in [3.63, 3.8) is 0 Å². The Morgan fingerprint density at radius 2 is 1.86 bits per heavy atom. The minimum atomic E-state index is -4.61. The number of benzene rings is 2. The molecule has 1 aromatic heterocycles. The van der Waals surface area contributed by atoms with E-state index in [0.29, 0.717) is 19.2 Å². The first kappa shape index (κ1) is 26.2. The van der Waals surface area contributed by atoms with Crippen LogP contribution in [0.1, 0.15) is 39.3 Å². The number of hydrogen-bond acceptors (Lipinski definition) is 5. The Labute approximate surface area is 212 Å². The van der Waals surface area contributed by atoms with Crippen LogP contribution in [0.3, 0.4) is 0 Å². The summed E-state index contributed by atoms with van der Waals surface area (Å²) in [7, 11) is 0. The van der Waals surface area contributed by atoms with Gasteiger partial charge >= 0.3 is 6.18 Å². The highest BCUT2D eigenvalue weighted by atomic mass is 19.4. The number of nitrogens with two attached hydrogens (primary N) is 1. The molecule has 196 valence electrons. The third kappa shape index (κ3) is 6.11. The van der Waals surface area contributed by atoms with E-state index in [1.165, 1.54) is 0 Å². The Balaban J connectivity index is 1.29. The van der Waals surface area contributed by atoms with E-state index in [2.05, 4.69) is 20.6 Å². The maximum atomic E-state index is 13.0. The van der Waals surface area contributed by atoms with Crippen LogP contribution in [0.4, 0.5) is 18.9 Å². The van der Waals surface area contributed by atoms with Crippen LogP contribution in [0.5, 0.6) is 0 Å². The minimum absolute atomic E-state index is 0.0986. The maximum Gasteiger partial charge on any atom is 0.416 e. The molecule has 1 aliphatic heterocycles. The number of carbonyl (C=O) groups excluding carboxylic acids is 2. The smallest absolute Gasteiger partial charge is 0.398 e. The summed E-state index contributed by atoms with van der Waals surface area (Å²) in [6.07, 6.45) is -3.86. The maximum absolute atomic E-state index is 13.0. The number of carbonyl (C=O) groups is 2. The molecule has 37 heavy (non-hydrogen) atoms. The number of nitrogen functional groups attached to an aromatic ring is 1. The van der Waals surface area contributed by atoms with E-state index in [4.69, 9.17) is 5.73 Å². The molecule has 2 aromatic carbocycles. The van der Waals surface area contributed by atoms with Crippen LogP contribution in [-0.2, 0) is 17.5 Å². The van der Waals surface area contributed by atoms with Crippen molar-refractivity contribution in [2.24, 2.45) is 0 Å². The zero-order chi connectivity index (χ0) is 26.7. The number of anilines is 1. The molecule has 0 radical (unpaired) electrons. The highest BCUT2D eigenvalue weighted by Gasteiger charge is 2.32. The highest BCUT2D eigenvalue weighted by Crippen LogP contribution is 2.31. The number of nitrogens with one attached hydrogen (secondary N) is 2. The fraction of sp³-hybridized carbons (Fsp3) is 0.346. The second-order valence-electron chi connectivity index (χ2n) is 9.17. The van der Waals surface area contributed by atoms with Crippen LogP contribution in [0.25, 0.3) is 5.69 Å². The van der Waals surface area contributed by atoms with E-state index in [0.717, 1.165) is 47.7 Å². The minimum Gasteiger partial charge on any atom is -0.398 e. The van der Waals surface area contributed by atoms with Gasteiger partial charge in [-0.3, -0.25) is 14.5 Å². The third-order valence-electron chi connectivity index (χ3n) is 6.50. The van der Waals surface area contributed by atoms with Crippen LogP contribution >= 0.6 is 0 Å². The number of halogens is 3. The standard InChI is InChI=1S/C26H29F3N6O2/c1-16-22(17(2)35(33-16)20-6-4-3-5-7-20)15-34-11-10-19(14-34)32-24(36)13-31-25(37)21-12-18(26(27,28)29)8-9-23(21)30/h3-9,12,19H,10-11,13-15,30H2,1-2H3,(H,31,37)(H,32,36)/t19-/m1/s1. The van der Waals surface area contributed by atoms with E-state index in [1.54, 1.807) is 0 Å². The predicted molar refractivity (Wildman–Crippen MR) is 133 cm³/mol. The van der Waals surface area contributed by atoms with Gasteiger partial charge < -0.3 is 16.4 Å². The van der Waals surface area contributed by atoms with Gasteiger partial charge in [-0.15, -0.1) is 0 Å². The van der Waals surface area contributed by atoms with Gasteiger partial charge in [0.25, 0.3) is 5.91 Å². The summed E-state index contributed by atoms with van der Waals surface area (Å²) in [6.45, 7) is 5.77. The van der Waals surface area contributed by atoms with Crippen molar-refractivity contribution < 1.29 is 22.8 Å². The Hall–Kier alpha value is -3.86. The van der Waals surface area contributed by atoms with Gasteiger partial charge in [-0.05, 0) is 50.6 Å². The van der Waals surface area contributed by atoms with Crippen LogP contribution in [0.15, 0.2) is 48.5 Å². The summed E-state index contributed by atoms with van der Waals surface area (Å²) in [6, 6.07) is 12.3. The van der Waals surface area contributed by atoms with E-state index < -0.39 is 23.6 Å². The van der Waals surface area contributed by atoms with Gasteiger partial charge in [-0.25, -0.2) is 4.68 Å². The molecular weight excluding hydrogens is 485 g/mol. The lowest BCUT2D eigenvalue weighted by molar-refractivity contribution is -0.137. The number of aryl methyl sites for hydroxylation is 1. The van der Waals surface area contributed by atoms with Crippen LogP contribution in [0.2, 0.25) is 0 Å². The average Bonchev–Trinajstić information content (AvgIpc) is 3.41. The molecule has 1 aliphatic rings. The van der Waals surface area contributed by atoms with E-state index in [9.17, 15) is 22.8 Å². The fourth-order valence-electron chi connectivity index (χ4n) is 4.51. The van der Waals surface area contributed by atoms with Crippen LogP contribution in [0, 0.1) is 13.8 Å². The Bertz CT molecular complexity index is 1290. The molecule has 0 spiro atoms. The van der Waals surface area contributed by atoms with Crippen molar-refractivity contribution in [3.05, 3.63) is 76.6 Å². The lowest BCUT2D eigenvalue weighted by Crippen LogP contribution is -2.43. The van der Waals surface area contributed by atoms with Crippen molar-refractivity contribution in [1.82, 2.24) is 25.3 Å². The van der Waals surface area contributed by atoms with Gasteiger partial charge in [0, 0.05) is 42.6 Å². The number of hydrogen-bond donors (Lipinski definition) is 3. The summed E-state index contributed by atoms with van der Waals surface area (Å²) in [5, 5.41) is 9.93.